The van der Waals surface area contributed by atoms with E-state index in [0.717, 1.165) is 12.8 Å². The Morgan fingerprint density at radius 2 is 2.18 bits per heavy atom. The lowest BCUT2D eigenvalue weighted by Crippen LogP contribution is -2.56. The normalized spacial score (nSPS) is 19.7. The summed E-state index contributed by atoms with van der Waals surface area (Å²) in [4.78, 5) is 0. The van der Waals surface area contributed by atoms with Crippen LogP contribution < -0.4 is 5.32 Å². The molecule has 0 unspecified atom stereocenters. The van der Waals surface area contributed by atoms with E-state index in [2.05, 4.69) is 11.9 Å². The molecule has 1 saturated heterocycles. The molecule has 66 valence electrons. The summed E-state index contributed by atoms with van der Waals surface area (Å²) in [6, 6.07) is 0. The van der Waals surface area contributed by atoms with E-state index >= 15 is 0 Å². The van der Waals surface area contributed by atoms with Crippen LogP contribution in [0.4, 0.5) is 4.39 Å². The third-order valence-corrected chi connectivity index (χ3v) is 1.92. The average molecular weight is 180 g/mol. The highest BCUT2D eigenvalue weighted by atomic mass is 35.5. The maximum Gasteiger partial charge on any atom is 0.135 e. The summed E-state index contributed by atoms with van der Waals surface area (Å²) in [5, 5.41) is 2.93. The van der Waals surface area contributed by atoms with Gasteiger partial charge in [-0.1, -0.05) is 6.08 Å². The Labute approximate surface area is 73.5 Å². The molecule has 1 nitrogen and oxygen atoms in total. The van der Waals surface area contributed by atoms with E-state index in [1.165, 1.54) is 0 Å². The second kappa shape index (κ2) is 4.73. The molecule has 0 amide bonds. The van der Waals surface area contributed by atoms with Crippen molar-refractivity contribution >= 4 is 12.4 Å². The summed E-state index contributed by atoms with van der Waals surface area (Å²) in [7, 11) is 0. The van der Waals surface area contributed by atoms with Gasteiger partial charge in [0.1, 0.15) is 5.67 Å². The zero-order chi connectivity index (χ0) is 7.45. The van der Waals surface area contributed by atoms with E-state index in [9.17, 15) is 4.39 Å². The van der Waals surface area contributed by atoms with E-state index in [1.54, 1.807) is 0 Å². The first kappa shape index (κ1) is 10.9. The molecular formula is C8H15ClFN. The van der Waals surface area contributed by atoms with E-state index in [-0.39, 0.29) is 12.4 Å². The Balaban J connectivity index is 0.000001000. The minimum absolute atomic E-state index is 0. The number of hydrogen-bond donors (Lipinski definition) is 1. The predicted molar refractivity (Wildman–Crippen MR) is 48.0 cm³/mol. The van der Waals surface area contributed by atoms with Crippen molar-refractivity contribution < 1.29 is 4.39 Å². The highest BCUT2D eigenvalue weighted by Crippen LogP contribution is 2.23. The van der Waals surface area contributed by atoms with Crippen molar-refractivity contribution in [2.45, 2.75) is 24.9 Å². The maximum absolute atomic E-state index is 13.1. The number of rotatable bonds is 4. The summed E-state index contributed by atoms with van der Waals surface area (Å²) in [6.45, 7) is 4.68. The average Bonchev–Trinajstić information content (AvgIpc) is 1.85. The molecule has 3 heteroatoms. The number of hydrogen-bond acceptors (Lipinski definition) is 1. The highest BCUT2D eigenvalue weighted by Gasteiger charge is 2.35. The van der Waals surface area contributed by atoms with Crippen LogP contribution in [-0.4, -0.2) is 18.8 Å². The molecule has 0 aromatic carbocycles. The summed E-state index contributed by atoms with van der Waals surface area (Å²) in [5.41, 5.74) is -0.886. The fraction of sp³-hybridized carbons (Fsp3) is 0.750. The Morgan fingerprint density at radius 1 is 1.55 bits per heavy atom. The standard InChI is InChI=1S/C8H14FN.ClH/c1-2-3-4-5-8(9)6-10-7-8;/h2,10H,1,3-7H2;1H. The molecule has 1 fully saturated rings. The van der Waals surface area contributed by atoms with Gasteiger partial charge < -0.3 is 5.32 Å². The van der Waals surface area contributed by atoms with Gasteiger partial charge in [-0.25, -0.2) is 4.39 Å². The number of allylic oxidation sites excluding steroid dienone is 1. The molecule has 1 N–H and O–H groups in total. The number of alkyl halides is 1. The zero-order valence-electron chi connectivity index (χ0n) is 6.61. The highest BCUT2D eigenvalue weighted by molar-refractivity contribution is 5.85. The first-order valence-electron chi connectivity index (χ1n) is 3.77. The number of unbranched alkanes of at least 4 members (excludes halogenated alkanes) is 1. The predicted octanol–water partition coefficient (Wildman–Crippen LogP) is 2.08. The van der Waals surface area contributed by atoms with Crippen LogP contribution in [0.15, 0.2) is 12.7 Å². The quantitative estimate of drug-likeness (QED) is 0.515. The van der Waals surface area contributed by atoms with Crippen molar-refractivity contribution in [1.29, 1.82) is 0 Å². The number of halogens is 2. The van der Waals surface area contributed by atoms with E-state index < -0.39 is 5.67 Å². The van der Waals surface area contributed by atoms with Crippen molar-refractivity contribution in [2.75, 3.05) is 13.1 Å². The fourth-order valence-electron chi connectivity index (χ4n) is 1.14. The molecule has 0 atom stereocenters. The van der Waals surface area contributed by atoms with Crippen molar-refractivity contribution in [3.63, 3.8) is 0 Å². The van der Waals surface area contributed by atoms with Crippen LogP contribution in [0.25, 0.3) is 0 Å². The molecule has 1 rings (SSSR count). The lowest BCUT2D eigenvalue weighted by molar-refractivity contribution is 0.0784. The van der Waals surface area contributed by atoms with Crippen LogP contribution >= 0.6 is 12.4 Å². The first-order chi connectivity index (χ1) is 4.77. The summed E-state index contributed by atoms with van der Waals surface area (Å²) in [5.74, 6) is 0. The second-order valence-corrected chi connectivity index (χ2v) is 2.94. The fourth-order valence-corrected chi connectivity index (χ4v) is 1.14. The van der Waals surface area contributed by atoms with Crippen LogP contribution in [0, 0.1) is 0 Å². The van der Waals surface area contributed by atoms with Gasteiger partial charge in [0.2, 0.25) is 0 Å². The molecule has 0 aromatic heterocycles. The van der Waals surface area contributed by atoms with Gasteiger partial charge in [0.25, 0.3) is 0 Å². The third kappa shape index (κ3) is 3.21. The van der Waals surface area contributed by atoms with Gasteiger partial charge in [0, 0.05) is 13.1 Å². The van der Waals surface area contributed by atoms with Crippen LogP contribution in [0.3, 0.4) is 0 Å². The molecule has 0 aliphatic carbocycles. The van der Waals surface area contributed by atoms with Gasteiger partial charge in [-0.2, -0.15) is 0 Å². The second-order valence-electron chi connectivity index (χ2n) is 2.94. The Morgan fingerprint density at radius 3 is 2.55 bits per heavy atom. The van der Waals surface area contributed by atoms with Crippen molar-refractivity contribution in [3.05, 3.63) is 12.7 Å². The minimum Gasteiger partial charge on any atom is -0.310 e. The van der Waals surface area contributed by atoms with E-state index in [0.29, 0.717) is 19.5 Å². The largest absolute Gasteiger partial charge is 0.310 e. The van der Waals surface area contributed by atoms with Crippen molar-refractivity contribution in [3.8, 4) is 0 Å². The zero-order valence-corrected chi connectivity index (χ0v) is 7.42. The Bertz CT molecular complexity index is 123. The van der Waals surface area contributed by atoms with Gasteiger partial charge >= 0.3 is 0 Å². The smallest absolute Gasteiger partial charge is 0.135 e. The lowest BCUT2D eigenvalue weighted by atomic mass is 9.93. The van der Waals surface area contributed by atoms with Crippen LogP contribution in [0.2, 0.25) is 0 Å². The summed E-state index contributed by atoms with van der Waals surface area (Å²) < 4.78 is 13.1. The topological polar surface area (TPSA) is 12.0 Å². The van der Waals surface area contributed by atoms with Gasteiger partial charge in [-0.3, -0.25) is 0 Å². The van der Waals surface area contributed by atoms with Gasteiger partial charge in [-0.15, -0.1) is 19.0 Å². The molecule has 1 aliphatic rings. The molecule has 0 saturated carbocycles. The Kier molecular flexibility index (Phi) is 4.69. The van der Waals surface area contributed by atoms with E-state index in [1.807, 2.05) is 6.08 Å². The molecule has 0 spiro atoms. The Hall–Kier alpha value is -0.0800. The first-order valence-corrected chi connectivity index (χ1v) is 3.77. The maximum atomic E-state index is 13.1. The molecule has 1 heterocycles. The SMILES string of the molecule is C=CCCCC1(F)CNC1.Cl. The third-order valence-electron chi connectivity index (χ3n) is 1.92. The van der Waals surface area contributed by atoms with Gasteiger partial charge in [0.05, 0.1) is 0 Å². The van der Waals surface area contributed by atoms with Crippen molar-refractivity contribution in [1.82, 2.24) is 5.32 Å². The summed E-state index contributed by atoms with van der Waals surface area (Å²) in [6.07, 6.45) is 4.40. The van der Waals surface area contributed by atoms with Crippen molar-refractivity contribution in [2.24, 2.45) is 0 Å². The monoisotopic (exact) mass is 179 g/mol. The number of nitrogens with one attached hydrogen (secondary N) is 1. The summed E-state index contributed by atoms with van der Waals surface area (Å²) >= 11 is 0. The molecule has 0 bridgehead atoms. The van der Waals surface area contributed by atoms with Gasteiger partial charge in [-0.05, 0) is 19.3 Å². The molecule has 1 aliphatic heterocycles. The van der Waals surface area contributed by atoms with Crippen LogP contribution in [0.5, 0.6) is 0 Å². The molecule has 0 radical (unpaired) electrons. The molecular weight excluding hydrogens is 165 g/mol. The van der Waals surface area contributed by atoms with Crippen LogP contribution in [0.1, 0.15) is 19.3 Å². The minimum atomic E-state index is -0.886. The lowest BCUT2D eigenvalue weighted by Gasteiger charge is -2.34. The van der Waals surface area contributed by atoms with Crippen LogP contribution in [-0.2, 0) is 0 Å². The molecule has 11 heavy (non-hydrogen) atoms. The van der Waals surface area contributed by atoms with Gasteiger partial charge in [0.15, 0.2) is 0 Å². The molecule has 0 aromatic rings. The van der Waals surface area contributed by atoms with E-state index in [4.69, 9.17) is 0 Å².